The summed E-state index contributed by atoms with van der Waals surface area (Å²) >= 11 is 0. The van der Waals surface area contributed by atoms with Crippen LogP contribution in [-0.2, 0) is 11.3 Å². The Bertz CT molecular complexity index is 438. The van der Waals surface area contributed by atoms with E-state index in [2.05, 4.69) is 4.90 Å². The van der Waals surface area contributed by atoms with E-state index < -0.39 is 0 Å². The summed E-state index contributed by atoms with van der Waals surface area (Å²) in [5, 5.41) is 0. The molecule has 0 saturated carbocycles. The van der Waals surface area contributed by atoms with Crippen molar-refractivity contribution in [1.82, 2.24) is 9.80 Å². The minimum absolute atomic E-state index is 0.265. The molecule has 116 valence electrons. The van der Waals surface area contributed by atoms with Crippen LogP contribution in [0.1, 0.15) is 18.4 Å². The van der Waals surface area contributed by atoms with E-state index in [0.29, 0.717) is 25.7 Å². The van der Waals surface area contributed by atoms with Crippen molar-refractivity contribution in [3.05, 3.63) is 35.9 Å². The van der Waals surface area contributed by atoms with Gasteiger partial charge in [0.05, 0.1) is 0 Å². The SMILES string of the molecule is CN(C[C@H]1CCCN1CCN)C(=O)OCc1ccccc1. The number of likely N-dealkylation sites (N-methyl/N-ethyl adjacent to an activating group) is 1. The summed E-state index contributed by atoms with van der Waals surface area (Å²) in [4.78, 5) is 16.1. The molecule has 1 fully saturated rings. The topological polar surface area (TPSA) is 58.8 Å². The van der Waals surface area contributed by atoms with E-state index in [9.17, 15) is 4.79 Å². The molecule has 1 amide bonds. The number of carbonyl (C=O) groups excluding carboxylic acids is 1. The third-order valence-corrected chi connectivity index (χ3v) is 3.92. The van der Waals surface area contributed by atoms with Crippen LogP contribution in [0.4, 0.5) is 4.79 Å². The molecule has 0 radical (unpaired) electrons. The van der Waals surface area contributed by atoms with Gasteiger partial charge >= 0.3 is 6.09 Å². The number of hydrogen-bond acceptors (Lipinski definition) is 4. The number of carbonyl (C=O) groups is 1. The van der Waals surface area contributed by atoms with Crippen molar-refractivity contribution in [2.75, 3.05) is 33.2 Å². The molecule has 1 aromatic carbocycles. The van der Waals surface area contributed by atoms with E-state index in [1.165, 1.54) is 6.42 Å². The third kappa shape index (κ3) is 4.72. The van der Waals surface area contributed by atoms with Crippen LogP contribution < -0.4 is 5.73 Å². The molecule has 1 saturated heterocycles. The van der Waals surface area contributed by atoms with Crippen LogP contribution in [0, 0.1) is 0 Å². The van der Waals surface area contributed by atoms with Crippen LogP contribution >= 0.6 is 0 Å². The molecule has 0 unspecified atom stereocenters. The first kappa shape index (κ1) is 15.8. The van der Waals surface area contributed by atoms with E-state index in [4.69, 9.17) is 10.5 Å². The largest absolute Gasteiger partial charge is 0.445 e. The van der Waals surface area contributed by atoms with Gasteiger partial charge in [-0.15, -0.1) is 0 Å². The lowest BCUT2D eigenvalue weighted by Crippen LogP contribution is -2.43. The van der Waals surface area contributed by atoms with Gasteiger partial charge in [-0.05, 0) is 24.9 Å². The van der Waals surface area contributed by atoms with Crippen molar-refractivity contribution in [2.24, 2.45) is 5.73 Å². The number of benzene rings is 1. The Morgan fingerprint density at radius 3 is 2.90 bits per heavy atom. The Morgan fingerprint density at radius 2 is 2.19 bits per heavy atom. The minimum atomic E-state index is -0.265. The minimum Gasteiger partial charge on any atom is -0.445 e. The van der Waals surface area contributed by atoms with E-state index in [1.807, 2.05) is 30.3 Å². The number of ether oxygens (including phenoxy) is 1. The van der Waals surface area contributed by atoms with Crippen LogP contribution in [0.25, 0.3) is 0 Å². The molecule has 0 spiro atoms. The van der Waals surface area contributed by atoms with Crippen LogP contribution in [0.2, 0.25) is 0 Å². The van der Waals surface area contributed by atoms with Gasteiger partial charge in [-0.3, -0.25) is 4.90 Å². The molecule has 1 aliphatic rings. The normalized spacial score (nSPS) is 18.7. The lowest BCUT2D eigenvalue weighted by molar-refractivity contribution is 0.0947. The van der Waals surface area contributed by atoms with Crippen molar-refractivity contribution in [1.29, 1.82) is 0 Å². The fraction of sp³-hybridized carbons (Fsp3) is 0.562. The second kappa shape index (κ2) is 8.00. The Balaban J connectivity index is 1.77. The van der Waals surface area contributed by atoms with Crippen molar-refractivity contribution < 1.29 is 9.53 Å². The van der Waals surface area contributed by atoms with Gasteiger partial charge in [-0.1, -0.05) is 30.3 Å². The number of nitrogens with zero attached hydrogens (tertiary/aromatic N) is 2. The summed E-state index contributed by atoms with van der Waals surface area (Å²) in [6, 6.07) is 10.1. The molecule has 1 heterocycles. The van der Waals surface area contributed by atoms with Gasteiger partial charge in [0.15, 0.2) is 0 Å². The predicted octanol–water partition coefficient (Wildman–Crippen LogP) is 1.68. The number of likely N-dealkylation sites (tertiary alicyclic amines) is 1. The highest BCUT2D eigenvalue weighted by Crippen LogP contribution is 2.17. The van der Waals surface area contributed by atoms with Gasteiger partial charge in [0.1, 0.15) is 6.61 Å². The number of rotatable bonds is 6. The number of nitrogens with two attached hydrogens (primary N) is 1. The average Bonchev–Trinajstić information content (AvgIpc) is 2.93. The second-order valence-electron chi connectivity index (χ2n) is 5.54. The molecule has 0 aliphatic carbocycles. The molecule has 5 nitrogen and oxygen atoms in total. The number of hydrogen-bond donors (Lipinski definition) is 1. The summed E-state index contributed by atoms with van der Waals surface area (Å²) in [6.07, 6.45) is 2.03. The first-order valence-corrected chi connectivity index (χ1v) is 7.56. The van der Waals surface area contributed by atoms with E-state index in [0.717, 1.165) is 25.1 Å². The predicted molar refractivity (Wildman–Crippen MR) is 82.9 cm³/mol. The highest BCUT2D eigenvalue weighted by molar-refractivity contribution is 5.67. The van der Waals surface area contributed by atoms with Crippen LogP contribution in [0.5, 0.6) is 0 Å². The van der Waals surface area contributed by atoms with E-state index in [1.54, 1.807) is 11.9 Å². The quantitative estimate of drug-likeness (QED) is 0.866. The van der Waals surface area contributed by atoms with Gasteiger partial charge in [-0.25, -0.2) is 4.79 Å². The lowest BCUT2D eigenvalue weighted by atomic mass is 10.2. The molecule has 1 atom stereocenters. The summed E-state index contributed by atoms with van der Waals surface area (Å²) in [5.74, 6) is 0. The van der Waals surface area contributed by atoms with Crippen LogP contribution in [0.15, 0.2) is 30.3 Å². The molecular formula is C16H25N3O2. The summed E-state index contributed by atoms with van der Waals surface area (Å²) in [6.45, 7) is 3.67. The van der Waals surface area contributed by atoms with Crippen LogP contribution in [0.3, 0.4) is 0 Å². The van der Waals surface area contributed by atoms with Crippen molar-refractivity contribution >= 4 is 6.09 Å². The monoisotopic (exact) mass is 291 g/mol. The average molecular weight is 291 g/mol. The van der Waals surface area contributed by atoms with Crippen molar-refractivity contribution in [3.8, 4) is 0 Å². The van der Waals surface area contributed by atoms with E-state index in [-0.39, 0.29) is 6.09 Å². The molecular weight excluding hydrogens is 266 g/mol. The van der Waals surface area contributed by atoms with Gasteiger partial charge in [-0.2, -0.15) is 0 Å². The molecule has 0 aromatic heterocycles. The molecule has 1 aromatic rings. The standard InChI is InChI=1S/C16H25N3O2/c1-18(12-15-8-5-10-19(15)11-9-17)16(20)21-13-14-6-3-2-4-7-14/h2-4,6-7,15H,5,8-13,17H2,1H3/t15-/m1/s1. The smallest absolute Gasteiger partial charge is 0.409 e. The molecule has 0 bridgehead atoms. The van der Waals surface area contributed by atoms with Gasteiger partial charge < -0.3 is 15.4 Å². The maximum absolute atomic E-state index is 12.0. The second-order valence-corrected chi connectivity index (χ2v) is 5.54. The van der Waals surface area contributed by atoms with Gasteiger partial charge in [0.25, 0.3) is 0 Å². The molecule has 1 aliphatic heterocycles. The zero-order valence-corrected chi connectivity index (χ0v) is 12.7. The van der Waals surface area contributed by atoms with Crippen LogP contribution in [-0.4, -0.2) is 55.2 Å². The third-order valence-electron chi connectivity index (χ3n) is 3.92. The highest BCUT2D eigenvalue weighted by Gasteiger charge is 2.26. The Kier molecular flexibility index (Phi) is 6.02. The summed E-state index contributed by atoms with van der Waals surface area (Å²) in [7, 11) is 1.80. The molecule has 2 rings (SSSR count). The Labute approximate surface area is 126 Å². The van der Waals surface area contributed by atoms with Gasteiger partial charge in [0.2, 0.25) is 0 Å². The Morgan fingerprint density at radius 1 is 1.43 bits per heavy atom. The summed E-state index contributed by atoms with van der Waals surface area (Å²) < 4.78 is 5.34. The van der Waals surface area contributed by atoms with E-state index >= 15 is 0 Å². The first-order valence-electron chi connectivity index (χ1n) is 7.56. The maximum Gasteiger partial charge on any atom is 0.409 e. The molecule has 21 heavy (non-hydrogen) atoms. The molecule has 5 heteroatoms. The van der Waals surface area contributed by atoms with Gasteiger partial charge in [0, 0.05) is 32.7 Å². The number of amides is 1. The molecule has 2 N–H and O–H groups in total. The highest BCUT2D eigenvalue weighted by atomic mass is 16.6. The summed E-state index contributed by atoms with van der Waals surface area (Å²) in [5.41, 5.74) is 6.63. The fourth-order valence-electron chi connectivity index (χ4n) is 2.78. The zero-order chi connectivity index (χ0) is 15.1. The van der Waals surface area contributed by atoms with Crippen molar-refractivity contribution in [2.45, 2.75) is 25.5 Å². The Hall–Kier alpha value is -1.59. The fourth-order valence-corrected chi connectivity index (χ4v) is 2.78. The van der Waals surface area contributed by atoms with Crippen molar-refractivity contribution in [3.63, 3.8) is 0 Å². The zero-order valence-electron chi connectivity index (χ0n) is 12.7. The first-order chi connectivity index (χ1) is 10.2. The maximum atomic E-state index is 12.0. The lowest BCUT2D eigenvalue weighted by Gasteiger charge is -2.27.